The molecule has 0 aliphatic rings. The van der Waals surface area contributed by atoms with E-state index in [1.807, 2.05) is 12.1 Å². The first-order valence-corrected chi connectivity index (χ1v) is 8.43. The van der Waals surface area contributed by atoms with Crippen molar-refractivity contribution in [3.8, 4) is 5.75 Å². The molecule has 0 unspecified atom stereocenters. The van der Waals surface area contributed by atoms with Crippen LogP contribution < -0.4 is 10.1 Å². The molecule has 0 aromatic heterocycles. The molecule has 0 spiro atoms. The van der Waals surface area contributed by atoms with Gasteiger partial charge in [0.05, 0.1) is 17.9 Å². The Labute approximate surface area is 152 Å². The first-order valence-electron chi connectivity index (χ1n) is 8.43. The van der Waals surface area contributed by atoms with Gasteiger partial charge in [0.15, 0.2) is 0 Å². The second-order valence-electron chi connectivity index (χ2n) is 5.70. The lowest BCUT2D eigenvalue weighted by molar-refractivity contribution is -0.116. The van der Waals surface area contributed by atoms with Crippen molar-refractivity contribution in [2.45, 2.75) is 19.3 Å². The van der Waals surface area contributed by atoms with Crippen LogP contribution in [0.3, 0.4) is 0 Å². The number of anilines is 1. The number of hydrogen-bond acceptors (Lipinski definition) is 4. The summed E-state index contributed by atoms with van der Waals surface area (Å²) in [7, 11) is 1.64. The van der Waals surface area contributed by atoms with Crippen LogP contribution in [0.5, 0.6) is 5.75 Å². The minimum atomic E-state index is -0.990. The lowest BCUT2D eigenvalue weighted by Gasteiger charge is -2.12. The van der Waals surface area contributed by atoms with E-state index in [1.165, 1.54) is 0 Å². The lowest BCUT2D eigenvalue weighted by atomic mass is 10.0. The first-order chi connectivity index (χ1) is 12.6. The number of benzene rings is 2. The molecule has 0 aliphatic heterocycles. The molecular weight excluding hydrogens is 334 g/mol. The van der Waals surface area contributed by atoms with Gasteiger partial charge in [0.2, 0.25) is 5.91 Å². The fraction of sp³-hybridized carbons (Fsp3) is 0.300. The van der Waals surface area contributed by atoms with Crippen LogP contribution in [0.1, 0.15) is 28.8 Å². The average molecular weight is 357 g/mol. The third kappa shape index (κ3) is 5.89. The van der Waals surface area contributed by atoms with Crippen LogP contribution in [0.15, 0.2) is 48.5 Å². The third-order valence-electron chi connectivity index (χ3n) is 3.78. The zero-order valence-corrected chi connectivity index (χ0v) is 14.7. The second kappa shape index (κ2) is 10.2. The quantitative estimate of drug-likeness (QED) is 0.637. The van der Waals surface area contributed by atoms with Crippen molar-refractivity contribution in [1.82, 2.24) is 0 Å². The Balaban J connectivity index is 1.93. The number of nitrogens with one attached hydrogen (secondary N) is 1. The second-order valence-corrected chi connectivity index (χ2v) is 5.70. The number of aryl methyl sites for hydroxylation is 1. The van der Waals surface area contributed by atoms with Gasteiger partial charge in [0.1, 0.15) is 5.75 Å². The standard InChI is InChI=1S/C20H23NO5/c1-25-13-6-14-26-18-10-5-4-9-17(18)21-19(22)12-11-15-7-2-3-8-16(15)20(23)24/h2-5,7-10H,6,11-14H2,1H3,(H,21,22)(H,23,24). The summed E-state index contributed by atoms with van der Waals surface area (Å²) in [5, 5.41) is 12.0. The molecule has 6 heteroatoms. The van der Waals surface area contributed by atoms with Crippen LogP contribution in [-0.4, -0.2) is 37.3 Å². The number of rotatable bonds is 10. The summed E-state index contributed by atoms with van der Waals surface area (Å²) >= 11 is 0. The Morgan fingerprint density at radius 3 is 2.54 bits per heavy atom. The highest BCUT2D eigenvalue weighted by molar-refractivity contribution is 5.93. The molecule has 2 aromatic rings. The molecule has 138 valence electrons. The average Bonchev–Trinajstić information content (AvgIpc) is 2.65. The van der Waals surface area contributed by atoms with E-state index < -0.39 is 5.97 Å². The van der Waals surface area contributed by atoms with Crippen molar-refractivity contribution in [3.05, 3.63) is 59.7 Å². The molecular formula is C20H23NO5. The van der Waals surface area contributed by atoms with E-state index in [9.17, 15) is 14.7 Å². The summed E-state index contributed by atoms with van der Waals surface area (Å²) in [6.07, 6.45) is 1.29. The number of amides is 1. The van der Waals surface area contributed by atoms with E-state index in [4.69, 9.17) is 9.47 Å². The molecule has 0 saturated carbocycles. The van der Waals surface area contributed by atoms with Crippen LogP contribution >= 0.6 is 0 Å². The van der Waals surface area contributed by atoms with Gasteiger partial charge >= 0.3 is 5.97 Å². The van der Waals surface area contributed by atoms with Gasteiger partial charge in [0, 0.05) is 26.6 Å². The van der Waals surface area contributed by atoms with Crippen LogP contribution in [0, 0.1) is 0 Å². The van der Waals surface area contributed by atoms with Gasteiger partial charge in [0.25, 0.3) is 0 Å². The zero-order valence-electron chi connectivity index (χ0n) is 14.7. The molecule has 0 heterocycles. The van der Waals surface area contributed by atoms with Gasteiger partial charge < -0.3 is 19.9 Å². The van der Waals surface area contributed by atoms with E-state index >= 15 is 0 Å². The van der Waals surface area contributed by atoms with Gasteiger partial charge in [-0.2, -0.15) is 0 Å². The zero-order chi connectivity index (χ0) is 18.8. The van der Waals surface area contributed by atoms with E-state index in [1.54, 1.807) is 43.5 Å². The Bertz CT molecular complexity index is 744. The maximum atomic E-state index is 12.3. The molecule has 0 radical (unpaired) electrons. The number of carboxylic acid groups (broad SMARTS) is 1. The monoisotopic (exact) mass is 357 g/mol. The lowest BCUT2D eigenvalue weighted by Crippen LogP contribution is -2.14. The SMILES string of the molecule is COCCCOc1ccccc1NC(=O)CCc1ccccc1C(=O)O. The van der Waals surface area contributed by atoms with E-state index in [-0.39, 0.29) is 17.9 Å². The fourth-order valence-electron chi connectivity index (χ4n) is 2.49. The van der Waals surface area contributed by atoms with Gasteiger partial charge in [-0.05, 0) is 30.2 Å². The molecule has 0 aliphatic carbocycles. The number of carboxylic acids is 1. The normalized spacial score (nSPS) is 10.3. The molecule has 0 atom stereocenters. The largest absolute Gasteiger partial charge is 0.491 e. The molecule has 2 rings (SSSR count). The van der Waals surface area contributed by atoms with Crippen molar-refractivity contribution >= 4 is 17.6 Å². The summed E-state index contributed by atoms with van der Waals surface area (Å²) in [5.74, 6) is -0.586. The summed E-state index contributed by atoms with van der Waals surface area (Å²) in [6.45, 7) is 1.10. The maximum absolute atomic E-state index is 12.3. The Kier molecular flexibility index (Phi) is 7.64. The van der Waals surface area contributed by atoms with Crippen LogP contribution in [0.2, 0.25) is 0 Å². The number of hydrogen-bond donors (Lipinski definition) is 2. The molecule has 2 N–H and O–H groups in total. The molecule has 0 saturated heterocycles. The van der Waals surface area contributed by atoms with E-state index in [0.29, 0.717) is 36.6 Å². The molecule has 0 fully saturated rings. The van der Waals surface area contributed by atoms with Gasteiger partial charge in [-0.25, -0.2) is 4.79 Å². The number of carbonyl (C=O) groups excluding carboxylic acids is 1. The highest BCUT2D eigenvalue weighted by Gasteiger charge is 2.12. The van der Waals surface area contributed by atoms with Gasteiger partial charge in [-0.15, -0.1) is 0 Å². The van der Waals surface area contributed by atoms with Crippen molar-refractivity contribution < 1.29 is 24.2 Å². The Morgan fingerprint density at radius 1 is 1.04 bits per heavy atom. The molecule has 26 heavy (non-hydrogen) atoms. The summed E-state index contributed by atoms with van der Waals surface area (Å²) in [4.78, 5) is 23.5. The fourth-order valence-corrected chi connectivity index (χ4v) is 2.49. The van der Waals surface area contributed by atoms with Crippen LogP contribution in [0.25, 0.3) is 0 Å². The van der Waals surface area contributed by atoms with Crippen molar-refractivity contribution in [2.24, 2.45) is 0 Å². The highest BCUT2D eigenvalue weighted by Crippen LogP contribution is 2.24. The molecule has 1 amide bonds. The van der Waals surface area contributed by atoms with Crippen LogP contribution in [0.4, 0.5) is 5.69 Å². The van der Waals surface area contributed by atoms with E-state index in [2.05, 4.69) is 5.32 Å². The maximum Gasteiger partial charge on any atom is 0.335 e. The predicted octanol–water partition coefficient (Wildman–Crippen LogP) is 3.37. The Morgan fingerprint density at radius 2 is 1.77 bits per heavy atom. The number of carbonyl (C=O) groups is 2. The third-order valence-corrected chi connectivity index (χ3v) is 3.78. The minimum Gasteiger partial charge on any atom is -0.491 e. The highest BCUT2D eigenvalue weighted by atomic mass is 16.5. The summed E-state index contributed by atoms with van der Waals surface area (Å²) < 4.78 is 10.7. The van der Waals surface area contributed by atoms with Crippen molar-refractivity contribution in [1.29, 1.82) is 0 Å². The topological polar surface area (TPSA) is 84.9 Å². The summed E-state index contributed by atoms with van der Waals surface area (Å²) in [6, 6.07) is 13.9. The predicted molar refractivity (Wildman–Crippen MR) is 98.8 cm³/mol. The minimum absolute atomic E-state index is 0.183. The number of aromatic carboxylic acids is 1. The molecule has 0 bridgehead atoms. The van der Waals surface area contributed by atoms with E-state index in [0.717, 1.165) is 6.42 Å². The van der Waals surface area contributed by atoms with Crippen molar-refractivity contribution in [3.63, 3.8) is 0 Å². The van der Waals surface area contributed by atoms with Crippen LogP contribution in [-0.2, 0) is 16.0 Å². The Hall–Kier alpha value is -2.86. The number of ether oxygens (including phenoxy) is 2. The molecule has 2 aromatic carbocycles. The molecule has 6 nitrogen and oxygen atoms in total. The number of methoxy groups -OCH3 is 1. The smallest absolute Gasteiger partial charge is 0.335 e. The van der Waals surface area contributed by atoms with Gasteiger partial charge in [-0.3, -0.25) is 4.79 Å². The summed E-state index contributed by atoms with van der Waals surface area (Å²) in [5.41, 5.74) is 1.46. The van der Waals surface area contributed by atoms with Gasteiger partial charge in [-0.1, -0.05) is 30.3 Å². The first kappa shape index (κ1) is 19.5. The number of para-hydroxylation sites is 2. The van der Waals surface area contributed by atoms with Crippen molar-refractivity contribution in [2.75, 3.05) is 25.6 Å².